The Bertz CT molecular complexity index is 541. The number of nitrogens with zero attached hydrogens (tertiary/aromatic N) is 1. The molecule has 4 heteroatoms. The maximum atomic E-state index is 11.8. The number of carbonyl (C=O) groups is 1. The summed E-state index contributed by atoms with van der Waals surface area (Å²) in [4.78, 5) is 16.1. The van der Waals surface area contributed by atoms with Gasteiger partial charge < -0.3 is 11.1 Å². The average molecular weight is 243 g/mol. The van der Waals surface area contributed by atoms with Gasteiger partial charge in [-0.25, -0.2) is 4.99 Å². The van der Waals surface area contributed by atoms with Crippen LogP contribution in [-0.2, 0) is 4.79 Å². The number of ketones is 1. The molecular weight excluding hydrogens is 226 g/mol. The zero-order chi connectivity index (χ0) is 13.3. The van der Waals surface area contributed by atoms with Crippen molar-refractivity contribution in [2.45, 2.75) is 26.8 Å². The molecule has 0 spiro atoms. The molecule has 0 saturated heterocycles. The number of hydrogen-bond donors (Lipinski definition) is 2. The second-order valence-electron chi connectivity index (χ2n) is 4.55. The van der Waals surface area contributed by atoms with Crippen LogP contribution >= 0.6 is 0 Å². The lowest BCUT2D eigenvalue weighted by molar-refractivity contribution is -0.113. The van der Waals surface area contributed by atoms with Gasteiger partial charge in [-0.1, -0.05) is 29.8 Å². The number of Topliss-reactive ketones (excluding diaryl/α,β-unsaturated/α-hetero) is 1. The third-order valence-corrected chi connectivity index (χ3v) is 3.03. The van der Waals surface area contributed by atoms with Crippen LogP contribution in [0, 0.1) is 6.92 Å². The second kappa shape index (κ2) is 4.64. The average Bonchev–Trinajstić information content (AvgIpc) is 2.28. The fourth-order valence-electron chi connectivity index (χ4n) is 2.15. The summed E-state index contributed by atoms with van der Waals surface area (Å²) in [6, 6.07) is 7.69. The van der Waals surface area contributed by atoms with Gasteiger partial charge >= 0.3 is 0 Å². The summed E-state index contributed by atoms with van der Waals surface area (Å²) in [6.45, 7) is 5.43. The van der Waals surface area contributed by atoms with Gasteiger partial charge in [-0.2, -0.15) is 0 Å². The summed E-state index contributed by atoms with van der Waals surface area (Å²) in [5.41, 5.74) is 9.35. The van der Waals surface area contributed by atoms with Crippen molar-refractivity contribution in [3.8, 4) is 0 Å². The van der Waals surface area contributed by atoms with Crippen molar-refractivity contribution in [2.75, 3.05) is 0 Å². The molecule has 1 aromatic carbocycles. The minimum Gasteiger partial charge on any atom is -0.370 e. The van der Waals surface area contributed by atoms with Gasteiger partial charge in [0.25, 0.3) is 0 Å². The summed E-state index contributed by atoms with van der Waals surface area (Å²) in [5, 5.41) is 2.91. The van der Waals surface area contributed by atoms with Crippen LogP contribution in [0.5, 0.6) is 0 Å². The quantitative estimate of drug-likeness (QED) is 0.832. The zero-order valence-corrected chi connectivity index (χ0v) is 10.8. The monoisotopic (exact) mass is 243 g/mol. The highest BCUT2D eigenvalue weighted by Crippen LogP contribution is 2.30. The third kappa shape index (κ3) is 2.27. The van der Waals surface area contributed by atoms with Crippen molar-refractivity contribution < 1.29 is 4.79 Å². The number of hydrogen-bond acceptors (Lipinski definition) is 4. The van der Waals surface area contributed by atoms with Gasteiger partial charge in [-0.3, -0.25) is 4.79 Å². The van der Waals surface area contributed by atoms with E-state index in [2.05, 4.69) is 10.3 Å². The zero-order valence-electron chi connectivity index (χ0n) is 10.8. The van der Waals surface area contributed by atoms with E-state index >= 15 is 0 Å². The van der Waals surface area contributed by atoms with Crippen LogP contribution in [-0.4, -0.2) is 11.7 Å². The summed E-state index contributed by atoms with van der Waals surface area (Å²) >= 11 is 0. The Morgan fingerprint density at radius 2 is 1.89 bits per heavy atom. The first kappa shape index (κ1) is 12.4. The minimum atomic E-state index is -0.302. The first-order chi connectivity index (χ1) is 8.49. The van der Waals surface area contributed by atoms with Gasteiger partial charge in [0, 0.05) is 11.3 Å². The van der Waals surface area contributed by atoms with Crippen molar-refractivity contribution in [1.82, 2.24) is 5.32 Å². The number of guanidine groups is 1. The molecule has 1 unspecified atom stereocenters. The SMILES string of the molecule is CC(=O)C1=C(C)NC(N)=NC1c1ccc(C)cc1. The normalized spacial score (nSPS) is 19.3. The van der Waals surface area contributed by atoms with E-state index in [4.69, 9.17) is 5.73 Å². The van der Waals surface area contributed by atoms with Crippen molar-refractivity contribution in [1.29, 1.82) is 0 Å². The number of benzene rings is 1. The molecule has 2 rings (SSSR count). The van der Waals surface area contributed by atoms with Gasteiger partial charge in [0.1, 0.15) is 6.04 Å². The fourth-order valence-corrected chi connectivity index (χ4v) is 2.15. The summed E-state index contributed by atoms with van der Waals surface area (Å²) < 4.78 is 0. The Morgan fingerprint density at radius 3 is 2.44 bits per heavy atom. The molecule has 1 aromatic rings. The molecule has 1 aliphatic heterocycles. The summed E-state index contributed by atoms with van der Waals surface area (Å²) in [5.74, 6) is 0.366. The van der Waals surface area contributed by atoms with E-state index in [0.29, 0.717) is 11.5 Å². The Morgan fingerprint density at radius 1 is 1.28 bits per heavy atom. The minimum absolute atomic E-state index is 0.0156. The van der Waals surface area contributed by atoms with Crippen LogP contribution in [0.25, 0.3) is 0 Å². The fraction of sp³-hybridized carbons (Fsp3) is 0.286. The van der Waals surface area contributed by atoms with E-state index in [9.17, 15) is 4.79 Å². The molecule has 4 nitrogen and oxygen atoms in total. The van der Waals surface area contributed by atoms with Crippen LogP contribution in [0.15, 0.2) is 40.5 Å². The second-order valence-corrected chi connectivity index (χ2v) is 4.55. The van der Waals surface area contributed by atoms with Crippen molar-refractivity contribution in [3.63, 3.8) is 0 Å². The van der Waals surface area contributed by atoms with E-state index < -0.39 is 0 Å². The van der Waals surface area contributed by atoms with Crippen LogP contribution in [0.1, 0.15) is 31.0 Å². The van der Waals surface area contributed by atoms with Crippen LogP contribution in [0.2, 0.25) is 0 Å². The molecule has 0 aliphatic carbocycles. The van der Waals surface area contributed by atoms with Crippen LogP contribution in [0.3, 0.4) is 0 Å². The lowest BCUT2D eigenvalue weighted by Gasteiger charge is -2.24. The van der Waals surface area contributed by atoms with E-state index in [1.807, 2.05) is 38.1 Å². The maximum absolute atomic E-state index is 11.8. The Balaban J connectivity index is 2.48. The first-order valence-corrected chi connectivity index (χ1v) is 5.87. The predicted octanol–water partition coefficient (Wildman–Crippen LogP) is 1.82. The third-order valence-electron chi connectivity index (χ3n) is 3.03. The van der Waals surface area contributed by atoms with E-state index in [1.165, 1.54) is 5.56 Å². The van der Waals surface area contributed by atoms with Crippen molar-refractivity contribution >= 4 is 11.7 Å². The number of aryl methyl sites for hydroxylation is 1. The molecule has 0 saturated carbocycles. The standard InChI is InChI=1S/C14H17N3O/c1-8-4-6-11(7-5-8)13-12(10(3)18)9(2)16-14(15)17-13/h4-7,13H,1-3H3,(H3,15,16,17). The van der Waals surface area contributed by atoms with E-state index in [-0.39, 0.29) is 11.8 Å². The molecule has 0 fully saturated rings. The number of nitrogens with one attached hydrogen (secondary N) is 1. The van der Waals surface area contributed by atoms with E-state index in [0.717, 1.165) is 11.3 Å². The van der Waals surface area contributed by atoms with Crippen LogP contribution < -0.4 is 11.1 Å². The largest absolute Gasteiger partial charge is 0.370 e. The first-order valence-electron chi connectivity index (χ1n) is 5.87. The Labute approximate surface area is 107 Å². The number of rotatable bonds is 2. The van der Waals surface area contributed by atoms with Gasteiger partial charge in [0.2, 0.25) is 0 Å². The van der Waals surface area contributed by atoms with Gasteiger partial charge in [-0.05, 0) is 26.3 Å². The summed E-state index contributed by atoms with van der Waals surface area (Å²) in [6.07, 6.45) is 0. The lowest BCUT2D eigenvalue weighted by atomic mass is 9.93. The lowest BCUT2D eigenvalue weighted by Crippen LogP contribution is -2.36. The molecule has 0 bridgehead atoms. The highest BCUT2D eigenvalue weighted by molar-refractivity contribution is 5.98. The molecule has 1 aliphatic rings. The van der Waals surface area contributed by atoms with Gasteiger partial charge in [0.05, 0.1) is 0 Å². The molecule has 0 amide bonds. The highest BCUT2D eigenvalue weighted by atomic mass is 16.1. The molecular formula is C14H17N3O. The van der Waals surface area contributed by atoms with E-state index in [1.54, 1.807) is 6.92 Å². The number of allylic oxidation sites excluding steroid dienone is 1. The Kier molecular flexibility index (Phi) is 3.19. The molecule has 18 heavy (non-hydrogen) atoms. The molecule has 1 atom stereocenters. The van der Waals surface area contributed by atoms with Gasteiger partial charge in [-0.15, -0.1) is 0 Å². The topological polar surface area (TPSA) is 67.5 Å². The number of nitrogens with two attached hydrogens (primary N) is 1. The maximum Gasteiger partial charge on any atom is 0.193 e. The predicted molar refractivity (Wildman–Crippen MR) is 72.1 cm³/mol. The highest BCUT2D eigenvalue weighted by Gasteiger charge is 2.25. The van der Waals surface area contributed by atoms with Gasteiger partial charge in [0.15, 0.2) is 11.7 Å². The molecule has 0 aromatic heterocycles. The number of carbonyl (C=O) groups excluding carboxylic acids is 1. The molecule has 1 heterocycles. The Hall–Kier alpha value is -2.10. The number of aliphatic imine (C=N–C) groups is 1. The van der Waals surface area contributed by atoms with Crippen molar-refractivity contribution in [3.05, 3.63) is 46.7 Å². The molecule has 3 N–H and O–H groups in total. The smallest absolute Gasteiger partial charge is 0.193 e. The molecule has 0 radical (unpaired) electrons. The van der Waals surface area contributed by atoms with Crippen LogP contribution in [0.4, 0.5) is 0 Å². The molecule has 94 valence electrons. The van der Waals surface area contributed by atoms with Crippen molar-refractivity contribution in [2.24, 2.45) is 10.7 Å². The summed E-state index contributed by atoms with van der Waals surface area (Å²) in [7, 11) is 0.